The molecule has 2 radical (unpaired) electrons. The van der Waals surface area contributed by atoms with E-state index in [1.807, 2.05) is 0 Å². The van der Waals surface area contributed by atoms with Gasteiger partial charge in [0, 0.05) is 12.0 Å². The van der Waals surface area contributed by atoms with Crippen molar-refractivity contribution in [1.82, 2.24) is 5.23 Å². The van der Waals surface area contributed by atoms with Gasteiger partial charge in [-0.05, 0) is 31.1 Å². The van der Waals surface area contributed by atoms with Gasteiger partial charge in [-0.15, -0.1) is 0 Å². The maximum atomic E-state index is 8.70. The Morgan fingerprint density at radius 1 is 1.54 bits per heavy atom. The quantitative estimate of drug-likeness (QED) is 0.650. The van der Waals surface area contributed by atoms with E-state index in [0.717, 1.165) is 12.8 Å². The fraction of sp³-hybridized carbons (Fsp3) is 0.900. The summed E-state index contributed by atoms with van der Waals surface area (Å²) in [5.74, 6) is 0.471. The Morgan fingerprint density at radius 3 is 2.54 bits per heavy atom. The maximum absolute atomic E-state index is 8.70. The van der Waals surface area contributed by atoms with E-state index >= 15 is 0 Å². The molecule has 70 valence electrons. The molecule has 1 aliphatic carbocycles. The van der Waals surface area contributed by atoms with Gasteiger partial charge in [0.05, 0.1) is 6.07 Å². The largest absolute Gasteiger partial charge is 0.361 e. The summed E-state index contributed by atoms with van der Waals surface area (Å²) >= 11 is 0. The van der Waals surface area contributed by atoms with E-state index in [-0.39, 0.29) is 11.0 Å². The van der Waals surface area contributed by atoms with Gasteiger partial charge in [0.15, 0.2) is 7.98 Å². The predicted octanol–water partition coefficient (Wildman–Crippen LogP) is 1.77. The smallest absolute Gasteiger partial charge is 0.178 e. The van der Waals surface area contributed by atoms with Gasteiger partial charge in [-0.1, -0.05) is 13.8 Å². The monoisotopic (exact) mass is 176 g/mol. The highest BCUT2D eigenvalue weighted by Crippen LogP contribution is 2.50. The predicted molar refractivity (Wildman–Crippen MR) is 54.0 cm³/mol. The van der Waals surface area contributed by atoms with Crippen molar-refractivity contribution in [3.05, 3.63) is 0 Å². The standard InChI is InChI=1S/C10H17BN2/c1-9(2)8(5-7-12)4-6-10(9,3)13-11/h8,13H,4-6H2,1-3H3. The summed E-state index contributed by atoms with van der Waals surface area (Å²) in [5.41, 5.74) is 0.0893. The Balaban J connectivity index is 2.83. The van der Waals surface area contributed by atoms with E-state index in [2.05, 4.69) is 32.1 Å². The SMILES string of the molecule is [B]NC1(C)CCC(CC#N)C1(C)C. The minimum Gasteiger partial charge on any atom is -0.361 e. The van der Waals surface area contributed by atoms with Crippen LogP contribution < -0.4 is 5.23 Å². The van der Waals surface area contributed by atoms with Crippen LogP contribution in [-0.4, -0.2) is 13.5 Å². The average Bonchev–Trinajstić information content (AvgIpc) is 2.30. The van der Waals surface area contributed by atoms with Crippen LogP contribution in [-0.2, 0) is 0 Å². The van der Waals surface area contributed by atoms with Crippen LogP contribution in [0.1, 0.15) is 40.0 Å². The fourth-order valence-electron chi connectivity index (χ4n) is 2.32. The van der Waals surface area contributed by atoms with Crippen LogP contribution in [0.4, 0.5) is 0 Å². The van der Waals surface area contributed by atoms with Crippen LogP contribution in [0.5, 0.6) is 0 Å². The van der Waals surface area contributed by atoms with Crippen molar-refractivity contribution < 1.29 is 0 Å². The first-order chi connectivity index (χ1) is 5.98. The molecule has 1 N–H and O–H groups in total. The number of rotatable bonds is 2. The lowest BCUT2D eigenvalue weighted by atomic mass is 9.70. The van der Waals surface area contributed by atoms with Gasteiger partial charge in [-0.2, -0.15) is 5.26 Å². The third-order valence-electron chi connectivity index (χ3n) is 4.09. The lowest BCUT2D eigenvalue weighted by Crippen LogP contribution is -2.50. The molecule has 0 saturated heterocycles. The van der Waals surface area contributed by atoms with E-state index < -0.39 is 0 Å². The minimum absolute atomic E-state index is 0.0193. The zero-order chi connectivity index (χ0) is 10.1. The molecule has 0 aromatic heterocycles. The maximum Gasteiger partial charge on any atom is 0.178 e. The molecule has 0 aromatic carbocycles. The second kappa shape index (κ2) is 3.34. The number of nitrogens with zero attached hydrogens (tertiary/aromatic N) is 1. The van der Waals surface area contributed by atoms with Crippen LogP contribution in [0.2, 0.25) is 0 Å². The van der Waals surface area contributed by atoms with Gasteiger partial charge in [-0.25, -0.2) is 0 Å². The summed E-state index contributed by atoms with van der Waals surface area (Å²) in [6.45, 7) is 6.54. The molecule has 1 rings (SSSR count). The molecule has 1 aliphatic rings. The molecule has 0 aliphatic heterocycles. The Morgan fingerprint density at radius 2 is 2.15 bits per heavy atom. The average molecular weight is 176 g/mol. The molecule has 1 saturated carbocycles. The Bertz CT molecular complexity index is 232. The van der Waals surface area contributed by atoms with E-state index in [4.69, 9.17) is 13.2 Å². The first kappa shape index (κ1) is 10.6. The van der Waals surface area contributed by atoms with E-state index in [9.17, 15) is 0 Å². The van der Waals surface area contributed by atoms with Crippen molar-refractivity contribution >= 4 is 7.98 Å². The van der Waals surface area contributed by atoms with Gasteiger partial charge in [0.25, 0.3) is 0 Å². The van der Waals surface area contributed by atoms with Crippen molar-refractivity contribution in [1.29, 1.82) is 5.26 Å². The number of nitriles is 1. The molecule has 13 heavy (non-hydrogen) atoms. The minimum atomic E-state index is -0.0193. The van der Waals surface area contributed by atoms with Gasteiger partial charge in [0.2, 0.25) is 0 Å². The molecule has 0 spiro atoms. The first-order valence-electron chi connectivity index (χ1n) is 4.82. The van der Waals surface area contributed by atoms with Gasteiger partial charge in [0.1, 0.15) is 0 Å². The molecular formula is C10H17BN2. The molecule has 2 atom stereocenters. The lowest BCUT2D eigenvalue weighted by Gasteiger charge is -2.41. The second-order valence-corrected chi connectivity index (χ2v) is 4.80. The Labute approximate surface area is 82.1 Å². The zero-order valence-electron chi connectivity index (χ0n) is 8.72. The topological polar surface area (TPSA) is 35.8 Å². The molecule has 2 nitrogen and oxygen atoms in total. The molecule has 3 heteroatoms. The summed E-state index contributed by atoms with van der Waals surface area (Å²) in [6, 6.07) is 2.26. The molecule has 1 fully saturated rings. The third-order valence-corrected chi connectivity index (χ3v) is 4.09. The van der Waals surface area contributed by atoms with Crippen molar-refractivity contribution in [3.63, 3.8) is 0 Å². The highest BCUT2D eigenvalue weighted by molar-refractivity contribution is 6.05. The Kier molecular flexibility index (Phi) is 2.72. The van der Waals surface area contributed by atoms with Gasteiger partial charge < -0.3 is 5.23 Å². The lowest BCUT2D eigenvalue weighted by molar-refractivity contribution is 0.153. The molecule has 0 aromatic rings. The van der Waals surface area contributed by atoms with Gasteiger partial charge in [-0.3, -0.25) is 0 Å². The zero-order valence-corrected chi connectivity index (χ0v) is 8.72. The van der Waals surface area contributed by atoms with Gasteiger partial charge >= 0.3 is 0 Å². The van der Waals surface area contributed by atoms with Crippen molar-refractivity contribution in [2.45, 2.75) is 45.6 Å². The van der Waals surface area contributed by atoms with E-state index in [1.54, 1.807) is 0 Å². The molecule has 0 amide bonds. The van der Waals surface area contributed by atoms with E-state index in [0.29, 0.717) is 12.3 Å². The van der Waals surface area contributed by atoms with Crippen molar-refractivity contribution in [2.75, 3.05) is 0 Å². The van der Waals surface area contributed by atoms with Crippen LogP contribution in [0, 0.1) is 22.7 Å². The third kappa shape index (κ3) is 1.48. The number of hydrogen-bond donors (Lipinski definition) is 1. The molecular weight excluding hydrogens is 159 g/mol. The van der Waals surface area contributed by atoms with Crippen LogP contribution in [0.25, 0.3) is 0 Å². The fourth-order valence-corrected chi connectivity index (χ4v) is 2.32. The van der Waals surface area contributed by atoms with Crippen molar-refractivity contribution in [3.8, 4) is 6.07 Å². The first-order valence-corrected chi connectivity index (χ1v) is 4.82. The highest BCUT2D eigenvalue weighted by atomic mass is 14.9. The molecule has 0 bridgehead atoms. The van der Waals surface area contributed by atoms with Crippen molar-refractivity contribution in [2.24, 2.45) is 11.3 Å². The molecule has 0 heterocycles. The number of nitrogens with one attached hydrogen (secondary N) is 1. The van der Waals surface area contributed by atoms with E-state index in [1.165, 1.54) is 0 Å². The Hall–Kier alpha value is -0.485. The van der Waals surface area contributed by atoms with Crippen LogP contribution >= 0.6 is 0 Å². The summed E-state index contributed by atoms with van der Waals surface area (Å²) < 4.78 is 0. The number of hydrogen-bond acceptors (Lipinski definition) is 2. The summed E-state index contributed by atoms with van der Waals surface area (Å²) in [5, 5.41) is 11.6. The summed E-state index contributed by atoms with van der Waals surface area (Å²) in [7, 11) is 5.57. The summed E-state index contributed by atoms with van der Waals surface area (Å²) in [4.78, 5) is 0. The summed E-state index contributed by atoms with van der Waals surface area (Å²) in [6.07, 6.45) is 2.80. The highest BCUT2D eigenvalue weighted by Gasteiger charge is 2.49. The molecule has 2 unspecified atom stereocenters. The van der Waals surface area contributed by atoms with Crippen LogP contribution in [0.3, 0.4) is 0 Å². The second-order valence-electron chi connectivity index (χ2n) is 4.80. The normalized spacial score (nSPS) is 37.2. The van der Waals surface area contributed by atoms with Crippen LogP contribution in [0.15, 0.2) is 0 Å².